The van der Waals surface area contributed by atoms with Gasteiger partial charge in [-0.3, -0.25) is 9.78 Å². The highest BCUT2D eigenvalue weighted by molar-refractivity contribution is 5.76. The van der Waals surface area contributed by atoms with Gasteiger partial charge in [-0.05, 0) is 19.1 Å². The third-order valence-corrected chi connectivity index (χ3v) is 3.65. The van der Waals surface area contributed by atoms with Gasteiger partial charge in [-0.2, -0.15) is 4.98 Å². The topological polar surface area (TPSA) is 81.4 Å². The van der Waals surface area contributed by atoms with Gasteiger partial charge in [0, 0.05) is 37.3 Å². The quantitative estimate of drug-likeness (QED) is 0.847. The van der Waals surface area contributed by atoms with E-state index in [0.29, 0.717) is 44.3 Å². The third kappa shape index (κ3) is 3.30. The number of carbonyl (C=O) groups excluding carboxylic acids is 1. The van der Waals surface area contributed by atoms with Crippen LogP contribution in [-0.4, -0.2) is 51.7 Å². The first-order valence-corrected chi connectivity index (χ1v) is 7.34. The molecule has 0 N–H and O–H groups in total. The lowest BCUT2D eigenvalue weighted by molar-refractivity contribution is -0.139. The van der Waals surface area contributed by atoms with Crippen LogP contribution >= 0.6 is 0 Å². The molecule has 2 aromatic heterocycles. The Morgan fingerprint density at radius 2 is 2.23 bits per heavy atom. The number of carbonyl (C=O) groups is 1. The molecule has 116 valence electrons. The van der Waals surface area contributed by atoms with E-state index in [0.717, 1.165) is 5.56 Å². The molecule has 1 atom stereocenters. The maximum absolute atomic E-state index is 12.2. The standard InChI is InChI=1S/C15H18N4O3/c1-11-10-21-9-8-19(11)14(20)3-2-13-17-15(18-22-13)12-4-6-16-7-5-12/h4-7,11H,2-3,8-10H2,1H3/t11-/m1/s1. The second-order valence-corrected chi connectivity index (χ2v) is 5.26. The number of nitrogens with zero attached hydrogens (tertiary/aromatic N) is 4. The Morgan fingerprint density at radius 3 is 3.00 bits per heavy atom. The molecule has 0 unspecified atom stereocenters. The summed E-state index contributed by atoms with van der Waals surface area (Å²) in [7, 11) is 0. The number of aryl methyl sites for hydroxylation is 1. The number of morpholine rings is 1. The van der Waals surface area contributed by atoms with Gasteiger partial charge in [-0.1, -0.05) is 5.16 Å². The van der Waals surface area contributed by atoms with E-state index in [-0.39, 0.29) is 11.9 Å². The predicted octanol–water partition coefficient (Wildman–Crippen LogP) is 1.31. The number of rotatable bonds is 4. The predicted molar refractivity (Wildman–Crippen MR) is 77.8 cm³/mol. The molecule has 1 amide bonds. The summed E-state index contributed by atoms with van der Waals surface area (Å²) < 4.78 is 10.5. The number of ether oxygens (including phenoxy) is 1. The molecule has 0 saturated carbocycles. The number of hydrogen-bond acceptors (Lipinski definition) is 6. The second-order valence-electron chi connectivity index (χ2n) is 5.26. The SMILES string of the molecule is C[C@@H]1COCCN1C(=O)CCc1nc(-c2ccncc2)no1. The molecule has 3 heterocycles. The van der Waals surface area contributed by atoms with Gasteiger partial charge < -0.3 is 14.2 Å². The van der Waals surface area contributed by atoms with E-state index in [1.807, 2.05) is 24.0 Å². The summed E-state index contributed by atoms with van der Waals surface area (Å²) >= 11 is 0. The van der Waals surface area contributed by atoms with Crippen molar-refractivity contribution in [2.24, 2.45) is 0 Å². The Bertz CT molecular complexity index is 629. The van der Waals surface area contributed by atoms with Crippen LogP contribution in [0.5, 0.6) is 0 Å². The average Bonchev–Trinajstić information content (AvgIpc) is 3.03. The Morgan fingerprint density at radius 1 is 1.41 bits per heavy atom. The zero-order valence-electron chi connectivity index (χ0n) is 12.4. The van der Waals surface area contributed by atoms with E-state index in [4.69, 9.17) is 9.26 Å². The van der Waals surface area contributed by atoms with Crippen molar-refractivity contribution in [2.75, 3.05) is 19.8 Å². The molecule has 22 heavy (non-hydrogen) atoms. The minimum absolute atomic E-state index is 0.0967. The molecule has 2 aromatic rings. The molecule has 0 spiro atoms. The Hall–Kier alpha value is -2.28. The van der Waals surface area contributed by atoms with Gasteiger partial charge in [-0.25, -0.2) is 0 Å². The molecule has 7 nitrogen and oxygen atoms in total. The van der Waals surface area contributed by atoms with Crippen molar-refractivity contribution in [2.45, 2.75) is 25.8 Å². The largest absolute Gasteiger partial charge is 0.377 e. The maximum atomic E-state index is 12.2. The first kappa shape index (κ1) is 14.6. The zero-order valence-corrected chi connectivity index (χ0v) is 12.4. The summed E-state index contributed by atoms with van der Waals surface area (Å²) in [5, 5.41) is 3.93. The van der Waals surface area contributed by atoms with E-state index in [9.17, 15) is 4.79 Å². The summed E-state index contributed by atoms with van der Waals surface area (Å²) in [5.74, 6) is 1.09. The van der Waals surface area contributed by atoms with Gasteiger partial charge >= 0.3 is 0 Å². The van der Waals surface area contributed by atoms with Gasteiger partial charge in [0.25, 0.3) is 0 Å². The van der Waals surface area contributed by atoms with E-state index in [1.165, 1.54) is 0 Å². The molecular formula is C15H18N4O3. The van der Waals surface area contributed by atoms with Crippen LogP contribution in [0.1, 0.15) is 19.2 Å². The van der Waals surface area contributed by atoms with Crippen LogP contribution in [0.25, 0.3) is 11.4 Å². The Balaban J connectivity index is 1.58. The number of aromatic nitrogens is 3. The van der Waals surface area contributed by atoms with Crippen LogP contribution in [-0.2, 0) is 16.0 Å². The van der Waals surface area contributed by atoms with E-state index >= 15 is 0 Å². The minimum atomic E-state index is 0.0967. The van der Waals surface area contributed by atoms with E-state index in [1.54, 1.807) is 12.4 Å². The van der Waals surface area contributed by atoms with Crippen LogP contribution in [0.4, 0.5) is 0 Å². The highest BCUT2D eigenvalue weighted by Crippen LogP contribution is 2.15. The number of pyridine rings is 1. The zero-order chi connectivity index (χ0) is 15.4. The third-order valence-electron chi connectivity index (χ3n) is 3.65. The summed E-state index contributed by atoms with van der Waals surface area (Å²) in [6.07, 6.45) is 4.16. The molecule has 3 rings (SSSR count). The van der Waals surface area contributed by atoms with Crippen LogP contribution in [0.3, 0.4) is 0 Å². The Labute approximate surface area is 128 Å². The molecule has 0 aromatic carbocycles. The molecule has 0 aliphatic carbocycles. The maximum Gasteiger partial charge on any atom is 0.227 e. The van der Waals surface area contributed by atoms with Crippen LogP contribution in [0, 0.1) is 0 Å². The van der Waals surface area contributed by atoms with Gasteiger partial charge in [0.05, 0.1) is 19.3 Å². The normalized spacial score (nSPS) is 18.4. The lowest BCUT2D eigenvalue weighted by atomic mass is 10.2. The molecule has 7 heteroatoms. The van der Waals surface area contributed by atoms with Gasteiger partial charge in [0.2, 0.25) is 17.6 Å². The average molecular weight is 302 g/mol. The molecule has 0 radical (unpaired) electrons. The van der Waals surface area contributed by atoms with Crippen molar-refractivity contribution in [3.8, 4) is 11.4 Å². The Kier molecular flexibility index (Phi) is 4.43. The van der Waals surface area contributed by atoms with E-state index < -0.39 is 0 Å². The fourth-order valence-electron chi connectivity index (χ4n) is 2.43. The van der Waals surface area contributed by atoms with Crippen molar-refractivity contribution >= 4 is 5.91 Å². The first-order chi connectivity index (χ1) is 10.7. The molecule has 1 fully saturated rings. The molecule has 1 saturated heterocycles. The fourth-order valence-corrected chi connectivity index (χ4v) is 2.43. The van der Waals surface area contributed by atoms with Crippen LogP contribution in [0.2, 0.25) is 0 Å². The molecule has 1 aliphatic rings. The smallest absolute Gasteiger partial charge is 0.227 e. The summed E-state index contributed by atoms with van der Waals surface area (Å²) in [6.45, 7) is 3.83. The van der Waals surface area contributed by atoms with Crippen molar-refractivity contribution in [3.05, 3.63) is 30.4 Å². The van der Waals surface area contributed by atoms with Gasteiger partial charge in [0.15, 0.2) is 0 Å². The molecular weight excluding hydrogens is 284 g/mol. The van der Waals surface area contributed by atoms with Crippen molar-refractivity contribution in [1.29, 1.82) is 0 Å². The monoisotopic (exact) mass is 302 g/mol. The van der Waals surface area contributed by atoms with Crippen molar-refractivity contribution < 1.29 is 14.1 Å². The van der Waals surface area contributed by atoms with Gasteiger partial charge in [-0.15, -0.1) is 0 Å². The lowest BCUT2D eigenvalue weighted by Gasteiger charge is -2.33. The van der Waals surface area contributed by atoms with Crippen LogP contribution in [0.15, 0.2) is 29.0 Å². The van der Waals surface area contributed by atoms with Crippen LogP contribution < -0.4 is 0 Å². The first-order valence-electron chi connectivity index (χ1n) is 7.34. The van der Waals surface area contributed by atoms with Crippen molar-refractivity contribution in [1.82, 2.24) is 20.0 Å². The number of hydrogen-bond donors (Lipinski definition) is 0. The van der Waals surface area contributed by atoms with Gasteiger partial charge in [0.1, 0.15) is 0 Å². The lowest BCUT2D eigenvalue weighted by Crippen LogP contribution is -2.47. The fraction of sp³-hybridized carbons (Fsp3) is 0.467. The van der Waals surface area contributed by atoms with E-state index in [2.05, 4.69) is 15.1 Å². The number of amides is 1. The summed E-state index contributed by atoms with van der Waals surface area (Å²) in [6, 6.07) is 3.75. The summed E-state index contributed by atoms with van der Waals surface area (Å²) in [4.78, 5) is 22.3. The molecule has 0 bridgehead atoms. The minimum Gasteiger partial charge on any atom is -0.377 e. The highest BCUT2D eigenvalue weighted by Gasteiger charge is 2.23. The summed E-state index contributed by atoms with van der Waals surface area (Å²) in [5.41, 5.74) is 0.845. The van der Waals surface area contributed by atoms with Crippen molar-refractivity contribution in [3.63, 3.8) is 0 Å². The molecule has 1 aliphatic heterocycles. The second kappa shape index (κ2) is 6.65. The highest BCUT2D eigenvalue weighted by atomic mass is 16.5.